The quantitative estimate of drug-likeness (QED) is 0.747. The van der Waals surface area contributed by atoms with Crippen molar-refractivity contribution < 1.29 is 8.42 Å². The zero-order valence-corrected chi connectivity index (χ0v) is 14.7. The number of nitrogens with one attached hydrogen (secondary N) is 2. The van der Waals surface area contributed by atoms with Gasteiger partial charge in [0.05, 0.1) is 0 Å². The number of hydrogen-bond acceptors (Lipinski definition) is 3. The van der Waals surface area contributed by atoms with Crippen LogP contribution in [0.5, 0.6) is 0 Å². The van der Waals surface area contributed by atoms with Gasteiger partial charge in [0, 0.05) is 23.9 Å². The van der Waals surface area contributed by atoms with Gasteiger partial charge < -0.3 is 5.32 Å². The van der Waals surface area contributed by atoms with Gasteiger partial charge in [0.1, 0.15) is 5.84 Å². The predicted octanol–water partition coefficient (Wildman–Crippen LogP) is 3.62. The molecule has 2 N–H and O–H groups in total. The van der Waals surface area contributed by atoms with E-state index in [-0.39, 0.29) is 0 Å². The third kappa shape index (κ3) is 3.60. The molecule has 1 aliphatic heterocycles. The number of anilines is 1. The SMILES string of the molecule is O=S1(=O)N=C(Nc2ccccc2)C=C(Cc2cccc3ccccc23)N1. The number of nitrogens with zero attached hydrogens (tertiary/aromatic N) is 1. The number of amidine groups is 1. The van der Waals surface area contributed by atoms with Crippen molar-refractivity contribution >= 4 is 32.5 Å². The first-order valence-electron chi connectivity index (χ1n) is 8.21. The lowest BCUT2D eigenvalue weighted by atomic mass is 10.0. The van der Waals surface area contributed by atoms with Crippen molar-refractivity contribution in [1.82, 2.24) is 4.72 Å². The number of para-hydroxylation sites is 1. The highest BCUT2D eigenvalue weighted by atomic mass is 32.2. The summed E-state index contributed by atoms with van der Waals surface area (Å²) in [5.41, 5.74) is 2.41. The van der Waals surface area contributed by atoms with Gasteiger partial charge in [-0.25, -0.2) is 0 Å². The smallest absolute Gasteiger partial charge is 0.339 e. The molecule has 0 saturated heterocycles. The van der Waals surface area contributed by atoms with Crippen LogP contribution in [-0.4, -0.2) is 14.3 Å². The maximum absolute atomic E-state index is 12.1. The Morgan fingerprint density at radius 2 is 1.62 bits per heavy atom. The topological polar surface area (TPSA) is 70.6 Å². The van der Waals surface area contributed by atoms with Crippen molar-refractivity contribution in [2.45, 2.75) is 6.42 Å². The molecule has 0 spiro atoms. The molecule has 4 rings (SSSR count). The first-order valence-corrected chi connectivity index (χ1v) is 9.65. The third-order valence-corrected chi connectivity index (χ3v) is 5.05. The highest BCUT2D eigenvalue weighted by Gasteiger charge is 2.19. The second-order valence-electron chi connectivity index (χ2n) is 6.03. The molecule has 3 aromatic carbocycles. The summed E-state index contributed by atoms with van der Waals surface area (Å²) in [5.74, 6) is 0.296. The molecule has 0 atom stereocenters. The second-order valence-corrected chi connectivity index (χ2v) is 7.37. The number of benzene rings is 3. The van der Waals surface area contributed by atoms with E-state index in [1.165, 1.54) is 0 Å². The first kappa shape index (κ1) is 16.4. The molecular formula is C20H17N3O2S. The van der Waals surface area contributed by atoms with Gasteiger partial charge in [-0.05, 0) is 28.5 Å². The van der Waals surface area contributed by atoms with Crippen molar-refractivity contribution in [3.05, 3.63) is 90.1 Å². The lowest BCUT2D eigenvalue weighted by molar-refractivity contribution is 0.589. The summed E-state index contributed by atoms with van der Waals surface area (Å²) < 4.78 is 30.6. The Labute approximate surface area is 152 Å². The molecule has 0 bridgehead atoms. The molecular weight excluding hydrogens is 346 g/mol. The second kappa shape index (κ2) is 6.65. The molecule has 0 aromatic heterocycles. The summed E-state index contributed by atoms with van der Waals surface area (Å²) in [5, 5.41) is 5.28. The van der Waals surface area contributed by atoms with Crippen LogP contribution in [-0.2, 0) is 16.6 Å². The summed E-state index contributed by atoms with van der Waals surface area (Å²) >= 11 is 0. The molecule has 26 heavy (non-hydrogen) atoms. The van der Waals surface area contributed by atoms with E-state index >= 15 is 0 Å². The minimum absolute atomic E-state index is 0.296. The molecule has 5 nitrogen and oxygen atoms in total. The van der Waals surface area contributed by atoms with E-state index in [4.69, 9.17) is 0 Å². The van der Waals surface area contributed by atoms with Gasteiger partial charge in [0.25, 0.3) is 0 Å². The Morgan fingerprint density at radius 1 is 0.885 bits per heavy atom. The van der Waals surface area contributed by atoms with Gasteiger partial charge in [-0.3, -0.25) is 4.72 Å². The molecule has 1 heterocycles. The Morgan fingerprint density at radius 3 is 2.46 bits per heavy atom. The van der Waals surface area contributed by atoms with E-state index in [9.17, 15) is 8.42 Å². The maximum Gasteiger partial charge on any atom is 0.343 e. The molecule has 0 saturated carbocycles. The van der Waals surface area contributed by atoms with Gasteiger partial charge >= 0.3 is 10.2 Å². The third-order valence-electron chi connectivity index (χ3n) is 4.10. The lowest BCUT2D eigenvalue weighted by Crippen LogP contribution is -2.30. The Hall–Kier alpha value is -3.12. The van der Waals surface area contributed by atoms with Crippen LogP contribution in [0.4, 0.5) is 5.69 Å². The van der Waals surface area contributed by atoms with E-state index in [0.29, 0.717) is 18.0 Å². The van der Waals surface area contributed by atoms with Crippen LogP contribution < -0.4 is 10.0 Å². The van der Waals surface area contributed by atoms with Crippen LogP contribution in [0.15, 0.2) is 89.0 Å². The molecule has 1 aliphatic rings. The number of fused-ring (bicyclic) bond motifs is 1. The van der Waals surface area contributed by atoms with Gasteiger partial charge in [0.2, 0.25) is 0 Å². The molecule has 3 aromatic rings. The van der Waals surface area contributed by atoms with Crippen LogP contribution in [0.2, 0.25) is 0 Å². The molecule has 0 radical (unpaired) electrons. The normalized spacial score (nSPS) is 15.7. The van der Waals surface area contributed by atoms with Crippen molar-refractivity contribution in [1.29, 1.82) is 0 Å². The van der Waals surface area contributed by atoms with E-state index in [1.807, 2.05) is 72.8 Å². The minimum Gasteiger partial charge on any atom is -0.339 e. The minimum atomic E-state index is -3.77. The highest BCUT2D eigenvalue weighted by molar-refractivity contribution is 7.88. The monoisotopic (exact) mass is 363 g/mol. The number of allylic oxidation sites excluding steroid dienone is 1. The van der Waals surface area contributed by atoms with Crippen molar-refractivity contribution in [2.75, 3.05) is 5.32 Å². The number of hydrogen-bond donors (Lipinski definition) is 2. The van der Waals surface area contributed by atoms with Crippen molar-refractivity contribution in [3.8, 4) is 0 Å². The van der Waals surface area contributed by atoms with Crippen LogP contribution in [0.25, 0.3) is 10.8 Å². The van der Waals surface area contributed by atoms with Gasteiger partial charge in [0.15, 0.2) is 0 Å². The van der Waals surface area contributed by atoms with Gasteiger partial charge in [-0.15, -0.1) is 4.40 Å². The predicted molar refractivity (Wildman–Crippen MR) is 105 cm³/mol. The molecule has 0 fully saturated rings. The zero-order valence-electron chi connectivity index (χ0n) is 13.9. The standard InChI is InChI=1S/C20H17N3O2S/c24-26(25)22-18(14-20(23-26)21-17-10-2-1-3-11-17)13-16-9-6-8-15-7-4-5-12-19(15)16/h1-12,14,22H,13H2,(H,21,23). The fourth-order valence-electron chi connectivity index (χ4n) is 3.01. The van der Waals surface area contributed by atoms with Crippen LogP contribution in [0.1, 0.15) is 5.56 Å². The molecule has 0 unspecified atom stereocenters. The van der Waals surface area contributed by atoms with Crippen LogP contribution in [0, 0.1) is 0 Å². The summed E-state index contributed by atoms with van der Waals surface area (Å²) in [4.78, 5) is 0. The molecule has 0 aliphatic carbocycles. The highest BCUT2D eigenvalue weighted by Crippen LogP contribution is 2.22. The fraction of sp³-hybridized carbons (Fsp3) is 0.0500. The fourth-order valence-corrected chi connectivity index (χ4v) is 3.87. The van der Waals surface area contributed by atoms with E-state index in [0.717, 1.165) is 22.0 Å². The van der Waals surface area contributed by atoms with Crippen molar-refractivity contribution in [2.24, 2.45) is 4.40 Å². The average Bonchev–Trinajstić information content (AvgIpc) is 2.61. The largest absolute Gasteiger partial charge is 0.343 e. The summed E-state index contributed by atoms with van der Waals surface area (Å²) in [6, 6.07) is 23.4. The van der Waals surface area contributed by atoms with E-state index < -0.39 is 10.2 Å². The maximum atomic E-state index is 12.1. The number of rotatable bonds is 3. The van der Waals surface area contributed by atoms with Crippen LogP contribution in [0.3, 0.4) is 0 Å². The molecule has 0 amide bonds. The Bertz CT molecular complexity index is 1110. The van der Waals surface area contributed by atoms with E-state index in [1.54, 1.807) is 6.08 Å². The summed E-state index contributed by atoms with van der Waals surface area (Å²) in [7, 11) is -3.77. The summed E-state index contributed by atoms with van der Waals surface area (Å²) in [6.07, 6.45) is 2.20. The molecule has 6 heteroatoms. The Kier molecular flexibility index (Phi) is 4.18. The average molecular weight is 363 g/mol. The Balaban J connectivity index is 1.66. The van der Waals surface area contributed by atoms with Gasteiger partial charge in [-0.2, -0.15) is 8.42 Å². The first-order chi connectivity index (χ1) is 12.6. The summed E-state index contributed by atoms with van der Waals surface area (Å²) in [6.45, 7) is 0. The molecule has 130 valence electrons. The zero-order chi connectivity index (χ0) is 18.0. The lowest BCUT2D eigenvalue weighted by Gasteiger charge is -2.17. The van der Waals surface area contributed by atoms with Gasteiger partial charge in [-0.1, -0.05) is 60.7 Å². The van der Waals surface area contributed by atoms with Crippen LogP contribution >= 0.6 is 0 Å². The van der Waals surface area contributed by atoms with E-state index in [2.05, 4.69) is 14.4 Å². The van der Waals surface area contributed by atoms with Crippen molar-refractivity contribution in [3.63, 3.8) is 0 Å².